The van der Waals surface area contributed by atoms with Crippen LogP contribution in [0.3, 0.4) is 0 Å². The Kier molecular flexibility index (Phi) is 4.33. The zero-order valence-electron chi connectivity index (χ0n) is 14.5. The van der Waals surface area contributed by atoms with Gasteiger partial charge in [0.2, 0.25) is 5.91 Å². The van der Waals surface area contributed by atoms with Gasteiger partial charge < -0.3 is 19.3 Å². The molecular weight excluding hydrogens is 338 g/mol. The summed E-state index contributed by atoms with van der Waals surface area (Å²) < 4.78 is 12.4. The molecule has 8 heteroatoms. The molecule has 25 heavy (non-hydrogen) atoms. The highest BCUT2D eigenvalue weighted by molar-refractivity contribution is 7.92. The fourth-order valence-corrected chi connectivity index (χ4v) is 5.40. The summed E-state index contributed by atoms with van der Waals surface area (Å²) in [6.45, 7) is 2.88. The van der Waals surface area contributed by atoms with Crippen LogP contribution in [0.4, 0.5) is 5.82 Å². The summed E-state index contributed by atoms with van der Waals surface area (Å²) in [5.41, 5.74) is 0.855. The van der Waals surface area contributed by atoms with E-state index in [0.717, 1.165) is 35.4 Å². The van der Waals surface area contributed by atoms with Crippen molar-refractivity contribution in [3.05, 3.63) is 18.6 Å². The molecule has 2 aromatic heterocycles. The lowest BCUT2D eigenvalue weighted by molar-refractivity contribution is -0.131. The average molecular weight is 361 g/mol. The smallest absolute Gasteiger partial charge is 0.219 e. The van der Waals surface area contributed by atoms with Crippen LogP contribution in [0.15, 0.2) is 18.6 Å². The van der Waals surface area contributed by atoms with Crippen molar-refractivity contribution in [2.75, 3.05) is 30.8 Å². The van der Waals surface area contributed by atoms with Gasteiger partial charge in [0.05, 0.1) is 18.5 Å². The number of aromatic nitrogens is 3. The summed E-state index contributed by atoms with van der Waals surface area (Å²) in [7, 11) is 2.07. The highest BCUT2D eigenvalue weighted by Crippen LogP contribution is 2.36. The maximum Gasteiger partial charge on any atom is 0.219 e. The molecule has 2 aliphatic rings. The first-order valence-corrected chi connectivity index (χ1v) is 10.0. The third-order valence-corrected chi connectivity index (χ3v) is 7.33. The van der Waals surface area contributed by atoms with E-state index in [-0.39, 0.29) is 11.2 Å². The van der Waals surface area contributed by atoms with Crippen LogP contribution in [0.1, 0.15) is 19.8 Å². The summed E-state index contributed by atoms with van der Waals surface area (Å²) in [6, 6.07) is 2.44. The highest BCUT2D eigenvalue weighted by Gasteiger charge is 2.42. The van der Waals surface area contributed by atoms with Crippen molar-refractivity contribution in [1.82, 2.24) is 19.9 Å². The first kappa shape index (κ1) is 16.7. The molecule has 0 bridgehead atoms. The molecule has 1 atom stereocenters. The monoisotopic (exact) mass is 361 g/mol. The van der Waals surface area contributed by atoms with Gasteiger partial charge in [0.25, 0.3) is 0 Å². The summed E-state index contributed by atoms with van der Waals surface area (Å²) >= 11 is -0.825. The number of nitrogens with zero attached hydrogens (tertiary/aromatic N) is 4. The van der Waals surface area contributed by atoms with Crippen LogP contribution in [0.5, 0.6) is 0 Å². The van der Waals surface area contributed by atoms with Crippen molar-refractivity contribution >= 4 is 33.9 Å². The van der Waals surface area contributed by atoms with E-state index in [1.807, 2.05) is 12.3 Å². The first-order chi connectivity index (χ1) is 12.0. The number of anilines is 1. The van der Waals surface area contributed by atoms with Crippen molar-refractivity contribution in [3.63, 3.8) is 0 Å². The van der Waals surface area contributed by atoms with E-state index >= 15 is 0 Å². The van der Waals surface area contributed by atoms with Crippen molar-refractivity contribution in [2.24, 2.45) is 5.92 Å². The van der Waals surface area contributed by atoms with Crippen LogP contribution in [0.2, 0.25) is 0 Å². The van der Waals surface area contributed by atoms with Crippen LogP contribution >= 0.6 is 0 Å². The normalized spacial score (nSPS) is 24.7. The zero-order valence-corrected chi connectivity index (χ0v) is 15.3. The Morgan fingerprint density at radius 1 is 1.44 bits per heavy atom. The molecule has 1 unspecified atom stereocenters. The Labute approximate surface area is 150 Å². The number of fused-ring (bicyclic) bond motifs is 1. The molecule has 1 saturated carbocycles. The number of carbonyl (C=O) groups excluding carboxylic acids is 1. The van der Waals surface area contributed by atoms with Crippen molar-refractivity contribution in [1.29, 1.82) is 0 Å². The fraction of sp³-hybridized carbons (Fsp3) is 0.588. The number of carbonyl (C=O) groups is 1. The number of H-pyrrole nitrogens is 1. The van der Waals surface area contributed by atoms with E-state index in [2.05, 4.69) is 26.9 Å². The largest absolute Gasteiger partial charge is 0.616 e. The summed E-state index contributed by atoms with van der Waals surface area (Å²) in [4.78, 5) is 27.0. The molecule has 4 rings (SSSR count). The van der Waals surface area contributed by atoms with Gasteiger partial charge in [-0.3, -0.25) is 4.79 Å². The summed E-state index contributed by atoms with van der Waals surface area (Å²) in [6.07, 6.45) is 5.56. The average Bonchev–Trinajstić information content (AvgIpc) is 2.96. The SMILES string of the molecule is CC(=O)N1CC([S+]([O-])C[C@H]2C[C@@H](N(C)c3ncnc4[nH]ccc34)C2)C1. The van der Waals surface area contributed by atoms with E-state index in [4.69, 9.17) is 0 Å². The molecule has 134 valence electrons. The Balaban J connectivity index is 1.29. The van der Waals surface area contributed by atoms with Gasteiger partial charge in [0, 0.05) is 32.1 Å². The van der Waals surface area contributed by atoms with E-state index < -0.39 is 11.2 Å². The molecule has 0 spiro atoms. The van der Waals surface area contributed by atoms with Gasteiger partial charge in [0.1, 0.15) is 23.5 Å². The molecule has 1 aliphatic carbocycles. The molecule has 1 aliphatic heterocycles. The molecule has 1 saturated heterocycles. The maximum atomic E-state index is 12.4. The molecule has 7 nitrogen and oxygen atoms in total. The molecule has 1 amide bonds. The lowest BCUT2D eigenvalue weighted by Crippen LogP contribution is -2.57. The third-order valence-electron chi connectivity index (χ3n) is 5.49. The van der Waals surface area contributed by atoms with E-state index in [1.165, 1.54) is 0 Å². The van der Waals surface area contributed by atoms with Gasteiger partial charge in [-0.25, -0.2) is 9.97 Å². The van der Waals surface area contributed by atoms with Crippen LogP contribution < -0.4 is 4.90 Å². The third kappa shape index (κ3) is 3.08. The predicted molar refractivity (Wildman–Crippen MR) is 97.9 cm³/mol. The van der Waals surface area contributed by atoms with Crippen LogP contribution in [0, 0.1) is 5.92 Å². The Morgan fingerprint density at radius 3 is 2.92 bits per heavy atom. The van der Waals surface area contributed by atoms with Crippen molar-refractivity contribution in [3.8, 4) is 0 Å². The highest BCUT2D eigenvalue weighted by atomic mass is 32.2. The number of aromatic amines is 1. The molecule has 0 radical (unpaired) electrons. The maximum absolute atomic E-state index is 12.4. The Bertz CT molecular complexity index is 769. The van der Waals surface area contributed by atoms with Gasteiger partial charge in [-0.05, 0) is 30.1 Å². The van der Waals surface area contributed by atoms with E-state index in [9.17, 15) is 9.35 Å². The molecule has 2 aromatic rings. The minimum absolute atomic E-state index is 0.0829. The lowest BCUT2D eigenvalue weighted by Gasteiger charge is -2.44. The van der Waals surface area contributed by atoms with Gasteiger partial charge in [0.15, 0.2) is 5.25 Å². The molecule has 2 fully saturated rings. The number of rotatable bonds is 5. The summed E-state index contributed by atoms with van der Waals surface area (Å²) in [5.74, 6) is 2.29. The van der Waals surface area contributed by atoms with Crippen molar-refractivity contribution in [2.45, 2.75) is 31.1 Å². The summed E-state index contributed by atoms with van der Waals surface area (Å²) in [5, 5.41) is 1.21. The van der Waals surface area contributed by atoms with Gasteiger partial charge >= 0.3 is 0 Å². The zero-order chi connectivity index (χ0) is 17.6. The second-order valence-electron chi connectivity index (χ2n) is 7.13. The Morgan fingerprint density at radius 2 is 2.20 bits per heavy atom. The fourth-order valence-electron chi connectivity index (χ4n) is 3.70. The number of hydrogen-bond acceptors (Lipinski definition) is 5. The van der Waals surface area contributed by atoms with Gasteiger partial charge in [-0.2, -0.15) is 0 Å². The number of likely N-dealkylation sites (tertiary alicyclic amines) is 1. The second kappa shape index (κ2) is 6.49. The minimum atomic E-state index is -0.825. The van der Waals surface area contributed by atoms with Crippen molar-refractivity contribution < 1.29 is 9.35 Å². The number of nitrogens with one attached hydrogen (secondary N) is 1. The molecular formula is C17H23N5O2S. The standard InChI is InChI=1S/C17H23N5O2S/c1-11(23)22-7-14(8-22)25(24)9-12-5-13(6-12)21(2)17-15-3-4-18-16(15)19-10-20-17/h3-4,10,12-14H,5-9H2,1-2H3,(H,18,19,20)/t12-,13+,25?. The number of hydrogen-bond donors (Lipinski definition) is 1. The molecule has 3 heterocycles. The molecule has 0 aromatic carbocycles. The topological polar surface area (TPSA) is 88.2 Å². The quantitative estimate of drug-likeness (QED) is 0.807. The van der Waals surface area contributed by atoms with Gasteiger partial charge in [-0.1, -0.05) is 0 Å². The second-order valence-corrected chi connectivity index (χ2v) is 8.89. The first-order valence-electron chi connectivity index (χ1n) is 8.66. The predicted octanol–water partition coefficient (Wildman–Crippen LogP) is 1.15. The number of amides is 1. The van der Waals surface area contributed by atoms with E-state index in [1.54, 1.807) is 18.2 Å². The van der Waals surface area contributed by atoms with E-state index in [0.29, 0.717) is 25.0 Å². The van der Waals surface area contributed by atoms with Gasteiger partial charge in [-0.15, -0.1) is 0 Å². The van der Waals surface area contributed by atoms with Crippen LogP contribution in [-0.2, 0) is 16.0 Å². The Hall–Kier alpha value is -1.80. The van der Waals surface area contributed by atoms with Crippen LogP contribution in [-0.4, -0.2) is 67.5 Å². The lowest BCUT2D eigenvalue weighted by atomic mass is 9.81. The minimum Gasteiger partial charge on any atom is -0.616 e. The molecule has 1 N–H and O–H groups in total. The van der Waals surface area contributed by atoms with Crippen LogP contribution in [0.25, 0.3) is 11.0 Å².